The number of hydrogen-bond acceptors (Lipinski definition) is 4. The molecule has 0 spiro atoms. The van der Waals surface area contributed by atoms with E-state index in [4.69, 9.17) is 5.73 Å². The lowest BCUT2D eigenvalue weighted by Crippen LogP contribution is -2.20. The minimum atomic E-state index is -0.111. The van der Waals surface area contributed by atoms with Crippen molar-refractivity contribution < 1.29 is 0 Å². The molecular weight excluding hydrogens is 212 g/mol. The van der Waals surface area contributed by atoms with Crippen LogP contribution >= 0.6 is 0 Å². The quantitative estimate of drug-likeness (QED) is 0.844. The zero-order valence-electron chi connectivity index (χ0n) is 9.45. The third-order valence-corrected chi connectivity index (χ3v) is 3.36. The molecule has 4 heteroatoms. The van der Waals surface area contributed by atoms with Gasteiger partial charge in [-0.15, -0.1) is 0 Å². The Hall–Kier alpha value is -1.81. The predicted molar refractivity (Wildman–Crippen MR) is 64.3 cm³/mol. The molecule has 0 aliphatic heterocycles. The molecule has 2 heterocycles. The van der Waals surface area contributed by atoms with Gasteiger partial charge in [-0.1, -0.05) is 6.07 Å². The van der Waals surface area contributed by atoms with Gasteiger partial charge in [0.25, 0.3) is 0 Å². The molecular formula is C13H14N4. The van der Waals surface area contributed by atoms with Crippen LogP contribution in [0.3, 0.4) is 0 Å². The number of nitrogens with two attached hydrogens (primary N) is 1. The summed E-state index contributed by atoms with van der Waals surface area (Å²) in [5.74, 6) is 0.267. The summed E-state index contributed by atoms with van der Waals surface area (Å²) < 4.78 is 0. The van der Waals surface area contributed by atoms with E-state index in [2.05, 4.69) is 21.0 Å². The van der Waals surface area contributed by atoms with Gasteiger partial charge in [0, 0.05) is 36.4 Å². The van der Waals surface area contributed by atoms with E-state index in [0.29, 0.717) is 0 Å². The molecule has 1 aliphatic rings. The molecule has 17 heavy (non-hydrogen) atoms. The van der Waals surface area contributed by atoms with Crippen LogP contribution in [0.15, 0.2) is 36.9 Å². The van der Waals surface area contributed by atoms with Gasteiger partial charge in [-0.05, 0) is 24.5 Å². The van der Waals surface area contributed by atoms with Crippen molar-refractivity contribution in [2.24, 2.45) is 5.73 Å². The van der Waals surface area contributed by atoms with Crippen LogP contribution in [0.5, 0.6) is 0 Å². The first-order valence-corrected chi connectivity index (χ1v) is 5.81. The van der Waals surface area contributed by atoms with Gasteiger partial charge in [-0.25, -0.2) is 0 Å². The number of hydrogen-bond donors (Lipinski definition) is 1. The fraction of sp³-hybridized carbons (Fsp3) is 0.308. The molecule has 0 saturated heterocycles. The van der Waals surface area contributed by atoms with Crippen LogP contribution in [-0.2, 0) is 6.42 Å². The Bertz CT molecular complexity index is 512. The number of rotatable bonds is 2. The van der Waals surface area contributed by atoms with Crippen LogP contribution in [0.1, 0.15) is 35.3 Å². The standard InChI is InChI=1S/C13H14N4/c14-12(11-8-15-6-7-16-11)10-4-3-9-2-1-5-17-13(9)10/h1-2,5-8,10,12H,3-4,14H2. The first-order valence-electron chi connectivity index (χ1n) is 5.81. The fourth-order valence-electron chi connectivity index (χ4n) is 2.48. The molecule has 2 unspecified atom stereocenters. The summed E-state index contributed by atoms with van der Waals surface area (Å²) in [5, 5.41) is 0. The van der Waals surface area contributed by atoms with E-state index < -0.39 is 0 Å². The smallest absolute Gasteiger partial charge is 0.0760 e. The maximum atomic E-state index is 6.27. The van der Waals surface area contributed by atoms with E-state index in [0.717, 1.165) is 24.2 Å². The summed E-state index contributed by atoms with van der Waals surface area (Å²) in [7, 11) is 0. The SMILES string of the molecule is NC(c1cnccn1)C1CCc2cccnc21. The summed E-state index contributed by atoms with van der Waals surface area (Å²) in [6.07, 6.45) is 9.03. The fourth-order valence-corrected chi connectivity index (χ4v) is 2.48. The van der Waals surface area contributed by atoms with Crippen molar-refractivity contribution in [1.82, 2.24) is 15.0 Å². The van der Waals surface area contributed by atoms with Crippen LogP contribution in [-0.4, -0.2) is 15.0 Å². The minimum Gasteiger partial charge on any atom is -0.322 e. The number of aryl methyl sites for hydroxylation is 1. The van der Waals surface area contributed by atoms with Crippen molar-refractivity contribution in [1.29, 1.82) is 0 Å². The highest BCUT2D eigenvalue weighted by molar-refractivity contribution is 5.31. The molecule has 4 nitrogen and oxygen atoms in total. The highest BCUT2D eigenvalue weighted by Gasteiger charge is 2.30. The van der Waals surface area contributed by atoms with E-state index >= 15 is 0 Å². The lowest BCUT2D eigenvalue weighted by atomic mass is 9.95. The molecule has 0 bridgehead atoms. The number of aromatic nitrogens is 3. The van der Waals surface area contributed by atoms with E-state index in [1.165, 1.54) is 5.56 Å². The lowest BCUT2D eigenvalue weighted by molar-refractivity contribution is 0.528. The van der Waals surface area contributed by atoms with Crippen molar-refractivity contribution in [2.45, 2.75) is 24.8 Å². The van der Waals surface area contributed by atoms with Crippen LogP contribution in [0.2, 0.25) is 0 Å². The Morgan fingerprint density at radius 1 is 1.24 bits per heavy atom. The molecule has 2 atom stereocenters. The highest BCUT2D eigenvalue weighted by Crippen LogP contribution is 2.38. The van der Waals surface area contributed by atoms with Gasteiger partial charge in [0.1, 0.15) is 0 Å². The summed E-state index contributed by atoms with van der Waals surface area (Å²) in [6, 6.07) is 4.00. The normalized spacial score (nSPS) is 19.9. The Labute approximate surface area is 99.9 Å². The predicted octanol–water partition coefficient (Wildman–Crippen LogP) is 1.60. The van der Waals surface area contributed by atoms with Gasteiger partial charge in [0.05, 0.1) is 11.7 Å². The largest absolute Gasteiger partial charge is 0.322 e. The Morgan fingerprint density at radius 2 is 2.18 bits per heavy atom. The monoisotopic (exact) mass is 226 g/mol. The maximum absolute atomic E-state index is 6.27. The second-order valence-electron chi connectivity index (χ2n) is 4.35. The van der Waals surface area contributed by atoms with Crippen molar-refractivity contribution >= 4 is 0 Å². The summed E-state index contributed by atoms with van der Waals surface area (Å²) in [5.41, 5.74) is 9.56. The van der Waals surface area contributed by atoms with E-state index in [1.807, 2.05) is 12.3 Å². The third kappa shape index (κ3) is 1.80. The van der Waals surface area contributed by atoms with E-state index in [-0.39, 0.29) is 12.0 Å². The second-order valence-corrected chi connectivity index (χ2v) is 4.35. The third-order valence-electron chi connectivity index (χ3n) is 3.36. The van der Waals surface area contributed by atoms with Crippen LogP contribution in [0.25, 0.3) is 0 Å². The topological polar surface area (TPSA) is 64.7 Å². The average Bonchev–Trinajstić information content (AvgIpc) is 2.83. The molecule has 3 rings (SSSR count). The Balaban J connectivity index is 1.92. The maximum Gasteiger partial charge on any atom is 0.0760 e. The van der Waals surface area contributed by atoms with Crippen molar-refractivity contribution in [2.75, 3.05) is 0 Å². The van der Waals surface area contributed by atoms with Gasteiger partial charge < -0.3 is 5.73 Å². The van der Waals surface area contributed by atoms with Gasteiger partial charge in [-0.3, -0.25) is 15.0 Å². The van der Waals surface area contributed by atoms with Crippen molar-refractivity contribution in [3.8, 4) is 0 Å². The van der Waals surface area contributed by atoms with E-state index in [9.17, 15) is 0 Å². The summed E-state index contributed by atoms with van der Waals surface area (Å²) in [6.45, 7) is 0. The number of nitrogens with zero attached hydrogens (tertiary/aromatic N) is 3. The molecule has 0 saturated carbocycles. The molecule has 2 N–H and O–H groups in total. The van der Waals surface area contributed by atoms with Gasteiger partial charge in [-0.2, -0.15) is 0 Å². The zero-order valence-corrected chi connectivity index (χ0v) is 9.45. The van der Waals surface area contributed by atoms with Gasteiger partial charge >= 0.3 is 0 Å². The molecule has 0 aromatic carbocycles. The first kappa shape index (κ1) is 10.4. The van der Waals surface area contributed by atoms with Crippen LogP contribution in [0, 0.1) is 0 Å². The summed E-state index contributed by atoms with van der Waals surface area (Å²) >= 11 is 0. The number of pyridine rings is 1. The minimum absolute atomic E-state index is 0.111. The van der Waals surface area contributed by atoms with Gasteiger partial charge in [0.2, 0.25) is 0 Å². The zero-order chi connectivity index (χ0) is 11.7. The van der Waals surface area contributed by atoms with Crippen LogP contribution < -0.4 is 5.73 Å². The van der Waals surface area contributed by atoms with Crippen molar-refractivity contribution in [3.05, 3.63) is 53.9 Å². The Morgan fingerprint density at radius 3 is 3.00 bits per heavy atom. The molecule has 1 aliphatic carbocycles. The van der Waals surface area contributed by atoms with Crippen molar-refractivity contribution in [3.63, 3.8) is 0 Å². The first-order chi connectivity index (χ1) is 8.36. The second kappa shape index (κ2) is 4.22. The van der Waals surface area contributed by atoms with E-state index in [1.54, 1.807) is 18.6 Å². The molecule has 2 aromatic rings. The number of fused-ring (bicyclic) bond motifs is 1. The van der Waals surface area contributed by atoms with Gasteiger partial charge in [0.15, 0.2) is 0 Å². The molecule has 0 fully saturated rings. The lowest BCUT2D eigenvalue weighted by Gasteiger charge is -2.18. The Kier molecular flexibility index (Phi) is 2.57. The molecule has 2 aromatic heterocycles. The van der Waals surface area contributed by atoms with Crippen LogP contribution in [0.4, 0.5) is 0 Å². The molecule has 0 radical (unpaired) electrons. The average molecular weight is 226 g/mol. The summed E-state index contributed by atoms with van der Waals surface area (Å²) in [4.78, 5) is 12.8. The highest BCUT2D eigenvalue weighted by atomic mass is 14.8. The molecule has 86 valence electrons. The molecule has 0 amide bonds.